The number of hydrogen-bond acceptors (Lipinski definition) is 11. The quantitative estimate of drug-likeness (QED) is 0.230. The molecule has 1 N–H and O–H groups in total. The van der Waals surface area contributed by atoms with Crippen LogP contribution in [0.1, 0.15) is 78.7 Å². The molecule has 0 bridgehead atoms. The van der Waals surface area contributed by atoms with Gasteiger partial charge in [0.25, 0.3) is 0 Å². The van der Waals surface area contributed by atoms with Gasteiger partial charge in [-0.1, -0.05) is 26.8 Å². The van der Waals surface area contributed by atoms with Crippen molar-refractivity contribution in [3.63, 3.8) is 0 Å². The molecule has 0 unspecified atom stereocenters. The second-order valence-electron chi connectivity index (χ2n) is 15.8. The van der Waals surface area contributed by atoms with Crippen molar-refractivity contribution in [3.05, 3.63) is 41.5 Å². The first-order chi connectivity index (χ1) is 23.2. The molecule has 2 aliphatic carbocycles. The lowest BCUT2D eigenvalue weighted by molar-refractivity contribution is -0.161. The smallest absolute Gasteiger partial charge is 0.307 e. The maximum absolute atomic E-state index is 14.5. The van der Waals surface area contributed by atoms with Crippen LogP contribution in [-0.2, 0) is 33.8 Å². The first kappa shape index (κ1) is 37.6. The number of nitrogens with one attached hydrogen (secondary N) is 1. The number of thiazole rings is 1. The van der Waals surface area contributed by atoms with E-state index in [9.17, 15) is 27.6 Å². The van der Waals surface area contributed by atoms with E-state index in [4.69, 9.17) is 9.47 Å². The number of ketones is 1. The molecule has 3 fully saturated rings. The molecule has 5 rings (SSSR count). The highest BCUT2D eigenvalue weighted by Gasteiger charge is 2.61. The molecule has 0 radical (unpaired) electrons. The van der Waals surface area contributed by atoms with Crippen LogP contribution in [0.2, 0.25) is 0 Å². The second kappa shape index (κ2) is 13.8. The number of nitrogens with zero attached hydrogens (tertiary/aromatic N) is 3. The van der Waals surface area contributed by atoms with Crippen molar-refractivity contribution in [2.45, 2.75) is 109 Å². The minimum absolute atomic E-state index is 0.0275. The highest BCUT2D eigenvalue weighted by atomic mass is 32.2. The molecular weight excluding hydrogens is 681 g/mol. The molecular formula is C36H48N4O8S2. The van der Waals surface area contributed by atoms with Gasteiger partial charge in [0.2, 0.25) is 11.8 Å². The van der Waals surface area contributed by atoms with E-state index >= 15 is 0 Å². The van der Waals surface area contributed by atoms with Gasteiger partial charge in [-0.2, -0.15) is 0 Å². The summed E-state index contributed by atoms with van der Waals surface area (Å²) in [5, 5.41) is 5.16. The Morgan fingerprint density at radius 1 is 1.16 bits per heavy atom. The highest BCUT2D eigenvalue weighted by Crippen LogP contribution is 2.46. The number of ether oxygens (including phenoxy) is 2. The topological polar surface area (TPSA) is 162 Å². The van der Waals surface area contributed by atoms with Crippen LogP contribution in [0.25, 0.3) is 11.3 Å². The normalized spacial score (nSPS) is 24.3. The zero-order valence-corrected chi connectivity index (χ0v) is 31.5. The Morgan fingerprint density at radius 3 is 2.42 bits per heavy atom. The summed E-state index contributed by atoms with van der Waals surface area (Å²) in [6.07, 6.45) is 5.31. The van der Waals surface area contributed by atoms with Gasteiger partial charge in [0.05, 0.1) is 41.0 Å². The Bertz CT molecular complexity index is 1770. The van der Waals surface area contributed by atoms with Crippen LogP contribution in [0.3, 0.4) is 0 Å². The zero-order valence-electron chi connectivity index (χ0n) is 29.9. The van der Waals surface area contributed by atoms with Gasteiger partial charge in [-0.15, -0.1) is 17.9 Å². The monoisotopic (exact) mass is 728 g/mol. The van der Waals surface area contributed by atoms with E-state index in [0.717, 1.165) is 16.3 Å². The van der Waals surface area contributed by atoms with E-state index in [1.807, 2.05) is 33.1 Å². The molecule has 2 aromatic heterocycles. The Labute approximate surface area is 298 Å². The Morgan fingerprint density at radius 2 is 1.86 bits per heavy atom. The molecule has 2 amide bonds. The van der Waals surface area contributed by atoms with E-state index in [-0.39, 0.29) is 25.8 Å². The van der Waals surface area contributed by atoms with Gasteiger partial charge in [-0.05, 0) is 58.4 Å². The van der Waals surface area contributed by atoms with Crippen LogP contribution in [0.15, 0.2) is 36.5 Å². The fourth-order valence-electron chi connectivity index (χ4n) is 6.47. The lowest BCUT2D eigenvalue weighted by atomic mass is 9.77. The molecule has 1 saturated heterocycles. The average molecular weight is 729 g/mol. The highest BCUT2D eigenvalue weighted by molar-refractivity contribution is 7.93. The first-order valence-corrected chi connectivity index (χ1v) is 19.6. The van der Waals surface area contributed by atoms with Crippen molar-refractivity contribution in [2.24, 2.45) is 17.3 Å². The number of pyridine rings is 1. The van der Waals surface area contributed by atoms with Crippen LogP contribution in [0.5, 0.6) is 5.75 Å². The lowest BCUT2D eigenvalue weighted by Crippen LogP contribution is -2.55. The molecule has 50 heavy (non-hydrogen) atoms. The number of carbonyl (C=O) groups excluding carboxylic acids is 4. The van der Waals surface area contributed by atoms with Crippen molar-refractivity contribution in [1.29, 1.82) is 0 Å². The van der Waals surface area contributed by atoms with Gasteiger partial charge in [-0.25, -0.2) is 13.4 Å². The number of hydrogen-bond donors (Lipinski definition) is 1. The molecule has 1 aliphatic heterocycles. The third-order valence-electron chi connectivity index (χ3n) is 9.42. The Hall–Kier alpha value is -3.65. The molecule has 0 aromatic carbocycles. The van der Waals surface area contributed by atoms with E-state index in [1.165, 1.54) is 16.2 Å². The van der Waals surface area contributed by atoms with Gasteiger partial charge in [0.1, 0.15) is 34.8 Å². The van der Waals surface area contributed by atoms with Gasteiger partial charge < -0.3 is 19.7 Å². The van der Waals surface area contributed by atoms with Gasteiger partial charge in [0, 0.05) is 29.5 Å². The van der Waals surface area contributed by atoms with Crippen molar-refractivity contribution in [2.75, 3.05) is 12.3 Å². The Kier molecular flexibility index (Phi) is 10.4. The average Bonchev–Trinajstić information content (AvgIpc) is 3.90. The SMILES string of the molecule is C=C[C@@H]1C[C@]1(NC(=O)[C@@H]1C[C@@H](Oc2cncc(-c3csc(C)n3)c2)CN1C(=O)[C@@H](CC(=O)OC(C)(C)C)C(C)(C)C)C(=O)CS(=O)(=O)C1CC1. The molecule has 14 heteroatoms. The third kappa shape index (κ3) is 8.62. The summed E-state index contributed by atoms with van der Waals surface area (Å²) >= 11 is 1.51. The standard InChI is InChI=1S/C36H48N4O8S2/c1-9-23-15-36(23,30(41)20-50(45,46)26-10-11-26)39-32(43)29-13-25(47-24-12-22(16-37-17-24)28-19-49-21(2)38-28)18-40(29)33(44)27(34(3,4)5)14-31(42)48-35(6,7)8/h9,12,16-17,19,23,25-27,29H,1,10-11,13-15,18,20H2,2-8H3,(H,39,43)/t23-,25-,27-,29+,36-/m1/s1. The molecule has 272 valence electrons. The number of aromatic nitrogens is 2. The number of esters is 1. The van der Waals surface area contributed by atoms with Crippen LogP contribution < -0.4 is 10.1 Å². The third-order valence-corrected chi connectivity index (χ3v) is 12.3. The van der Waals surface area contributed by atoms with Crippen molar-refractivity contribution >= 4 is 44.7 Å². The van der Waals surface area contributed by atoms with E-state index in [1.54, 1.807) is 45.3 Å². The fourth-order valence-corrected chi connectivity index (χ4v) is 8.80. The van der Waals surface area contributed by atoms with Crippen LogP contribution in [-0.4, -0.2) is 87.7 Å². The number of carbonyl (C=O) groups is 4. The van der Waals surface area contributed by atoms with Crippen molar-refractivity contribution in [1.82, 2.24) is 20.2 Å². The largest absolute Gasteiger partial charge is 0.487 e. The summed E-state index contributed by atoms with van der Waals surface area (Å²) in [6.45, 7) is 16.5. The number of Topliss-reactive ketones (excluding diaryl/α,β-unsaturated/α-hetero) is 1. The number of aryl methyl sites for hydroxylation is 1. The summed E-state index contributed by atoms with van der Waals surface area (Å²) in [5.41, 5.74) is -1.35. The van der Waals surface area contributed by atoms with E-state index in [2.05, 4.69) is 21.9 Å². The van der Waals surface area contributed by atoms with Gasteiger partial charge in [-0.3, -0.25) is 24.2 Å². The minimum Gasteiger partial charge on any atom is -0.487 e. The van der Waals surface area contributed by atoms with E-state index < -0.39 is 84.9 Å². The van der Waals surface area contributed by atoms with E-state index in [0.29, 0.717) is 18.6 Å². The number of amides is 2. The maximum atomic E-state index is 14.5. The predicted molar refractivity (Wildman–Crippen MR) is 189 cm³/mol. The molecule has 3 heterocycles. The van der Waals surface area contributed by atoms with Crippen molar-refractivity contribution in [3.8, 4) is 17.0 Å². The number of rotatable bonds is 13. The number of sulfone groups is 1. The minimum atomic E-state index is -3.63. The van der Waals surface area contributed by atoms with Crippen molar-refractivity contribution < 1.29 is 37.1 Å². The maximum Gasteiger partial charge on any atom is 0.307 e. The number of likely N-dealkylation sites (tertiary alicyclic amines) is 1. The molecule has 2 aromatic rings. The second-order valence-corrected chi connectivity index (χ2v) is 19.1. The van der Waals surface area contributed by atoms with Gasteiger partial charge in [0.15, 0.2) is 15.6 Å². The summed E-state index contributed by atoms with van der Waals surface area (Å²) in [7, 11) is -3.63. The summed E-state index contributed by atoms with van der Waals surface area (Å²) in [4.78, 5) is 65.5. The molecule has 2 saturated carbocycles. The molecule has 5 atom stereocenters. The fraction of sp³-hybridized carbons (Fsp3) is 0.611. The lowest BCUT2D eigenvalue weighted by Gasteiger charge is -2.35. The molecule has 3 aliphatic rings. The van der Waals surface area contributed by atoms with Crippen LogP contribution in [0.4, 0.5) is 0 Å². The van der Waals surface area contributed by atoms with Gasteiger partial charge >= 0.3 is 5.97 Å². The predicted octanol–water partition coefficient (Wildman–Crippen LogP) is 4.46. The zero-order chi connectivity index (χ0) is 36.8. The van der Waals surface area contributed by atoms with Crippen LogP contribution in [0, 0.1) is 24.2 Å². The first-order valence-electron chi connectivity index (χ1n) is 17.0. The molecule has 12 nitrogen and oxygen atoms in total. The van der Waals surface area contributed by atoms with Crippen LogP contribution >= 0.6 is 11.3 Å². The summed E-state index contributed by atoms with van der Waals surface area (Å²) < 4.78 is 37.4. The summed E-state index contributed by atoms with van der Waals surface area (Å²) in [6, 6.07) is 0.734. The summed E-state index contributed by atoms with van der Waals surface area (Å²) in [5.74, 6) is -3.65. The molecule has 0 spiro atoms. The Balaban J connectivity index is 1.42.